The van der Waals surface area contributed by atoms with E-state index in [1.807, 2.05) is 38.1 Å². The second-order valence-corrected chi connectivity index (χ2v) is 8.43. The van der Waals surface area contributed by atoms with E-state index in [1.165, 1.54) is 5.56 Å². The molecule has 1 heterocycles. The Morgan fingerprint density at radius 2 is 1.69 bits per heavy atom. The van der Waals surface area contributed by atoms with Crippen molar-refractivity contribution in [2.24, 2.45) is 0 Å². The largest absolute Gasteiger partial charge is 0.490 e. The summed E-state index contributed by atoms with van der Waals surface area (Å²) < 4.78 is 11.6. The van der Waals surface area contributed by atoms with E-state index in [4.69, 9.17) is 9.47 Å². The number of hydrogen-bond acceptors (Lipinski definition) is 7. The van der Waals surface area contributed by atoms with Gasteiger partial charge in [-0.2, -0.15) is 5.26 Å². The monoisotopic (exact) mass is 441 g/mol. The molecule has 0 saturated carbocycles. The highest BCUT2D eigenvalue weighted by atomic mass is 16.5. The zero-order valence-electron chi connectivity index (χ0n) is 18.6. The number of aliphatic hydroxyl groups excluding tert-OH is 4. The van der Waals surface area contributed by atoms with Gasteiger partial charge in [-0.3, -0.25) is 0 Å². The highest BCUT2D eigenvalue weighted by molar-refractivity contribution is 5.53. The molecule has 0 bridgehead atoms. The third-order valence-electron chi connectivity index (χ3n) is 5.73. The number of rotatable bonds is 7. The van der Waals surface area contributed by atoms with Gasteiger partial charge in [-0.1, -0.05) is 37.3 Å². The Hall–Kier alpha value is -2.47. The number of aryl methyl sites for hydroxylation is 1. The van der Waals surface area contributed by atoms with Gasteiger partial charge in [0.05, 0.1) is 18.3 Å². The Labute approximate surface area is 188 Å². The van der Waals surface area contributed by atoms with Crippen LogP contribution in [0.5, 0.6) is 5.75 Å². The fourth-order valence-corrected chi connectivity index (χ4v) is 3.96. The second kappa shape index (κ2) is 10.4. The maximum atomic E-state index is 10.6. The van der Waals surface area contributed by atoms with Crippen molar-refractivity contribution >= 4 is 0 Å². The standard InChI is InChI=1S/C25H31NO6/c1-4-15-5-7-16(8-6-15)9-17-10-18(11-20(19(17)12-26)31-14(2)3)25-24(30)23(29)22(28)21(13-27)32-25/h5-8,10-11,14,21-25,27-30H,4,9,13H2,1-3H3/t21-,22-,23+,24-,25+/m1/s1. The number of nitrogens with zero attached hydrogens (tertiary/aromatic N) is 1. The van der Waals surface area contributed by atoms with Gasteiger partial charge in [-0.15, -0.1) is 0 Å². The SMILES string of the molecule is CCc1ccc(Cc2cc([C@@H]3O[C@H](CO)[C@@H](O)[C@H](O)[C@H]3O)cc(OC(C)C)c2C#N)cc1. The molecule has 1 aliphatic heterocycles. The molecule has 1 fully saturated rings. The summed E-state index contributed by atoms with van der Waals surface area (Å²) in [5, 5.41) is 50.3. The Kier molecular flexibility index (Phi) is 7.88. The van der Waals surface area contributed by atoms with Crippen LogP contribution in [-0.2, 0) is 17.6 Å². The minimum absolute atomic E-state index is 0.191. The summed E-state index contributed by atoms with van der Waals surface area (Å²) >= 11 is 0. The molecule has 1 aliphatic rings. The maximum Gasteiger partial charge on any atom is 0.138 e. The van der Waals surface area contributed by atoms with Gasteiger partial charge >= 0.3 is 0 Å². The van der Waals surface area contributed by atoms with E-state index in [0.29, 0.717) is 28.9 Å². The van der Waals surface area contributed by atoms with E-state index >= 15 is 0 Å². The molecule has 5 atom stereocenters. The highest BCUT2D eigenvalue weighted by Gasteiger charge is 2.44. The number of benzene rings is 2. The van der Waals surface area contributed by atoms with Crippen molar-refractivity contribution in [3.05, 3.63) is 64.2 Å². The van der Waals surface area contributed by atoms with Crippen molar-refractivity contribution < 1.29 is 29.9 Å². The van der Waals surface area contributed by atoms with Crippen molar-refractivity contribution in [1.29, 1.82) is 5.26 Å². The minimum atomic E-state index is -1.49. The smallest absolute Gasteiger partial charge is 0.138 e. The van der Waals surface area contributed by atoms with Crippen molar-refractivity contribution in [3.63, 3.8) is 0 Å². The van der Waals surface area contributed by atoms with Gasteiger partial charge in [-0.25, -0.2) is 0 Å². The predicted octanol–water partition coefficient (Wildman–Crippen LogP) is 2.01. The number of aliphatic hydroxyl groups is 4. The van der Waals surface area contributed by atoms with Gasteiger partial charge < -0.3 is 29.9 Å². The minimum Gasteiger partial charge on any atom is -0.490 e. The molecule has 32 heavy (non-hydrogen) atoms. The highest BCUT2D eigenvalue weighted by Crippen LogP contribution is 2.37. The molecule has 172 valence electrons. The van der Waals surface area contributed by atoms with Crippen LogP contribution in [0.15, 0.2) is 36.4 Å². The molecule has 4 N–H and O–H groups in total. The first-order valence-corrected chi connectivity index (χ1v) is 10.9. The molecule has 7 heteroatoms. The normalized spacial score (nSPS) is 25.5. The second-order valence-electron chi connectivity index (χ2n) is 8.43. The first-order valence-electron chi connectivity index (χ1n) is 10.9. The Balaban J connectivity index is 2.05. The lowest BCUT2D eigenvalue weighted by atomic mass is 9.88. The molecule has 7 nitrogen and oxygen atoms in total. The third-order valence-corrected chi connectivity index (χ3v) is 5.73. The molecular weight excluding hydrogens is 410 g/mol. The van der Waals surface area contributed by atoms with Crippen molar-refractivity contribution in [1.82, 2.24) is 0 Å². The third kappa shape index (κ3) is 5.12. The summed E-state index contributed by atoms with van der Waals surface area (Å²) in [6, 6.07) is 13.7. The Morgan fingerprint density at radius 1 is 1.03 bits per heavy atom. The molecule has 2 aromatic rings. The van der Waals surface area contributed by atoms with E-state index in [0.717, 1.165) is 12.0 Å². The Bertz CT molecular complexity index is 950. The van der Waals surface area contributed by atoms with Gasteiger partial charge in [0.1, 0.15) is 42.3 Å². The van der Waals surface area contributed by atoms with Crippen molar-refractivity contribution in [2.45, 2.75) is 70.2 Å². The summed E-state index contributed by atoms with van der Waals surface area (Å²) in [6.07, 6.45) is -5.15. The molecular formula is C25H31NO6. The van der Waals surface area contributed by atoms with Crippen LogP contribution in [0.3, 0.4) is 0 Å². The molecule has 1 saturated heterocycles. The molecule has 3 rings (SSSR count). The van der Waals surface area contributed by atoms with Crippen LogP contribution >= 0.6 is 0 Å². The first kappa shape index (κ1) is 24.2. The summed E-state index contributed by atoms with van der Waals surface area (Å²) in [6.45, 7) is 5.28. The molecule has 0 amide bonds. The maximum absolute atomic E-state index is 10.6. The predicted molar refractivity (Wildman–Crippen MR) is 118 cm³/mol. The van der Waals surface area contributed by atoms with Crippen LogP contribution in [0.4, 0.5) is 0 Å². The van der Waals surface area contributed by atoms with Gasteiger partial charge in [-0.05, 0) is 55.0 Å². The summed E-state index contributed by atoms with van der Waals surface area (Å²) in [5.74, 6) is 0.358. The van der Waals surface area contributed by atoms with Crippen LogP contribution in [0, 0.1) is 11.3 Å². The molecule has 0 radical (unpaired) electrons. The lowest BCUT2D eigenvalue weighted by Gasteiger charge is -2.40. The zero-order valence-corrected chi connectivity index (χ0v) is 18.6. The fraction of sp³-hybridized carbons (Fsp3) is 0.480. The summed E-state index contributed by atoms with van der Waals surface area (Å²) in [4.78, 5) is 0. The lowest BCUT2D eigenvalue weighted by Crippen LogP contribution is -2.55. The van der Waals surface area contributed by atoms with Crippen LogP contribution in [0.2, 0.25) is 0 Å². The van der Waals surface area contributed by atoms with Crippen LogP contribution in [0.25, 0.3) is 0 Å². The van der Waals surface area contributed by atoms with E-state index in [9.17, 15) is 25.7 Å². The van der Waals surface area contributed by atoms with Gasteiger partial charge in [0.15, 0.2) is 0 Å². The first-order chi connectivity index (χ1) is 15.3. The summed E-state index contributed by atoms with van der Waals surface area (Å²) in [7, 11) is 0. The lowest BCUT2D eigenvalue weighted by molar-refractivity contribution is -0.231. The molecule has 0 spiro atoms. The molecule has 0 aromatic heterocycles. The van der Waals surface area contributed by atoms with Crippen molar-refractivity contribution in [2.75, 3.05) is 6.61 Å². The van der Waals surface area contributed by atoms with E-state index < -0.39 is 37.1 Å². The zero-order chi connectivity index (χ0) is 23.4. The molecule has 2 aromatic carbocycles. The van der Waals surface area contributed by atoms with E-state index in [1.54, 1.807) is 12.1 Å². The molecule has 0 aliphatic carbocycles. The quantitative estimate of drug-likeness (QED) is 0.518. The Morgan fingerprint density at radius 3 is 2.25 bits per heavy atom. The number of hydrogen-bond donors (Lipinski definition) is 4. The molecule has 0 unspecified atom stereocenters. The fourth-order valence-electron chi connectivity index (χ4n) is 3.96. The summed E-state index contributed by atoms with van der Waals surface area (Å²) in [5.41, 5.74) is 3.82. The average Bonchev–Trinajstić information content (AvgIpc) is 2.78. The van der Waals surface area contributed by atoms with Crippen LogP contribution in [0.1, 0.15) is 54.7 Å². The number of ether oxygens (including phenoxy) is 2. The van der Waals surface area contributed by atoms with Crippen molar-refractivity contribution in [3.8, 4) is 11.8 Å². The van der Waals surface area contributed by atoms with E-state index in [-0.39, 0.29) is 6.10 Å². The topological polar surface area (TPSA) is 123 Å². The van der Waals surface area contributed by atoms with Gasteiger partial charge in [0.25, 0.3) is 0 Å². The number of nitriles is 1. The van der Waals surface area contributed by atoms with Crippen LogP contribution in [-0.4, -0.2) is 57.6 Å². The van der Waals surface area contributed by atoms with Gasteiger partial charge in [0.2, 0.25) is 0 Å². The van der Waals surface area contributed by atoms with Gasteiger partial charge in [0, 0.05) is 0 Å². The van der Waals surface area contributed by atoms with E-state index in [2.05, 4.69) is 13.0 Å². The van der Waals surface area contributed by atoms with Crippen LogP contribution < -0.4 is 4.74 Å². The average molecular weight is 442 g/mol.